The van der Waals surface area contributed by atoms with Gasteiger partial charge in [-0.05, 0) is 18.2 Å². The highest BCUT2D eigenvalue weighted by Gasteiger charge is 2.27. The van der Waals surface area contributed by atoms with E-state index in [9.17, 15) is 9.59 Å². The van der Waals surface area contributed by atoms with E-state index in [-0.39, 0.29) is 17.9 Å². The van der Waals surface area contributed by atoms with E-state index < -0.39 is 0 Å². The number of carbonyl (C=O) groups excluding carboxylic acids is 2. The first-order valence-corrected chi connectivity index (χ1v) is 7.37. The Morgan fingerprint density at radius 2 is 2.35 bits per heavy atom. The predicted molar refractivity (Wildman–Crippen MR) is 77.9 cm³/mol. The molecule has 0 saturated carbocycles. The van der Waals surface area contributed by atoms with E-state index in [2.05, 4.69) is 5.32 Å². The van der Waals surface area contributed by atoms with Crippen molar-refractivity contribution in [3.05, 3.63) is 24.3 Å². The highest BCUT2D eigenvalue weighted by atomic mass is 32.2. The van der Waals surface area contributed by atoms with E-state index in [1.54, 1.807) is 19.1 Å². The van der Waals surface area contributed by atoms with Crippen molar-refractivity contribution in [3.63, 3.8) is 0 Å². The number of ether oxygens (including phenoxy) is 1. The lowest BCUT2D eigenvalue weighted by molar-refractivity contribution is -0.126. The van der Waals surface area contributed by atoms with Crippen LogP contribution < -0.4 is 10.1 Å². The van der Waals surface area contributed by atoms with Crippen LogP contribution in [0.2, 0.25) is 0 Å². The molecule has 0 unspecified atom stereocenters. The molecule has 1 saturated heterocycles. The molecule has 20 heavy (non-hydrogen) atoms. The molecule has 1 aromatic carbocycles. The molecule has 1 heterocycles. The van der Waals surface area contributed by atoms with Crippen molar-refractivity contribution in [2.45, 2.75) is 17.4 Å². The van der Waals surface area contributed by atoms with Gasteiger partial charge in [0.2, 0.25) is 11.8 Å². The lowest BCUT2D eigenvalue weighted by Gasteiger charge is -2.12. The minimum Gasteiger partial charge on any atom is -0.497 e. The fourth-order valence-electron chi connectivity index (χ4n) is 2.07. The lowest BCUT2D eigenvalue weighted by atomic mass is 10.2. The van der Waals surface area contributed by atoms with Crippen LogP contribution in [-0.2, 0) is 9.59 Å². The number of amides is 2. The monoisotopic (exact) mass is 294 g/mol. The van der Waals surface area contributed by atoms with Gasteiger partial charge in [0.15, 0.2) is 0 Å². The zero-order chi connectivity index (χ0) is 14.5. The number of likely N-dealkylation sites (N-methyl/N-ethyl adjacent to an activating group) is 1. The smallest absolute Gasteiger partial charge is 0.230 e. The number of thioether (sulfide) groups is 1. The third-order valence-corrected chi connectivity index (χ3v) is 4.11. The Morgan fingerprint density at radius 1 is 1.55 bits per heavy atom. The molecular weight excluding hydrogens is 276 g/mol. The molecule has 108 valence electrons. The maximum atomic E-state index is 11.8. The maximum Gasteiger partial charge on any atom is 0.230 e. The van der Waals surface area contributed by atoms with E-state index in [4.69, 9.17) is 4.74 Å². The quantitative estimate of drug-likeness (QED) is 0.827. The second kappa shape index (κ2) is 6.65. The van der Waals surface area contributed by atoms with Crippen molar-refractivity contribution in [2.75, 3.05) is 26.5 Å². The van der Waals surface area contributed by atoms with E-state index in [1.165, 1.54) is 11.8 Å². The molecular formula is C14H18N2O3S. The molecule has 0 bridgehead atoms. The second-order valence-corrected chi connectivity index (χ2v) is 5.76. The van der Waals surface area contributed by atoms with Gasteiger partial charge in [0.1, 0.15) is 5.75 Å². The minimum atomic E-state index is -0.0640. The Morgan fingerprint density at radius 3 is 3.00 bits per heavy atom. The highest BCUT2D eigenvalue weighted by Crippen LogP contribution is 2.22. The molecule has 0 aliphatic carbocycles. The van der Waals surface area contributed by atoms with Crippen LogP contribution >= 0.6 is 11.8 Å². The van der Waals surface area contributed by atoms with Gasteiger partial charge in [-0.25, -0.2) is 0 Å². The van der Waals surface area contributed by atoms with E-state index in [0.717, 1.165) is 10.6 Å². The zero-order valence-electron chi connectivity index (χ0n) is 11.6. The van der Waals surface area contributed by atoms with Crippen LogP contribution in [0.5, 0.6) is 5.75 Å². The van der Waals surface area contributed by atoms with Crippen molar-refractivity contribution in [1.29, 1.82) is 0 Å². The number of nitrogens with zero attached hydrogens (tertiary/aromatic N) is 1. The van der Waals surface area contributed by atoms with Gasteiger partial charge in [0, 0.05) is 24.9 Å². The van der Waals surface area contributed by atoms with Crippen LogP contribution in [-0.4, -0.2) is 49.2 Å². The van der Waals surface area contributed by atoms with E-state index >= 15 is 0 Å². The third kappa shape index (κ3) is 3.90. The Bertz CT molecular complexity index is 507. The lowest BCUT2D eigenvalue weighted by Crippen LogP contribution is -2.37. The topological polar surface area (TPSA) is 58.6 Å². The third-order valence-electron chi connectivity index (χ3n) is 3.12. The Labute approximate surface area is 122 Å². The minimum absolute atomic E-state index is 0.0501. The van der Waals surface area contributed by atoms with Crippen LogP contribution in [0.4, 0.5) is 0 Å². The number of hydrogen-bond acceptors (Lipinski definition) is 4. The summed E-state index contributed by atoms with van der Waals surface area (Å²) in [5, 5.41) is 2.89. The number of methoxy groups -OCH3 is 1. The molecule has 1 aliphatic rings. The van der Waals surface area contributed by atoms with Crippen molar-refractivity contribution in [2.24, 2.45) is 0 Å². The summed E-state index contributed by atoms with van der Waals surface area (Å²) in [6, 6.07) is 7.53. The number of hydrogen-bond donors (Lipinski definition) is 1. The van der Waals surface area contributed by atoms with Gasteiger partial charge in [-0.1, -0.05) is 6.07 Å². The summed E-state index contributed by atoms with van der Waals surface area (Å²) < 4.78 is 5.14. The van der Waals surface area contributed by atoms with Crippen LogP contribution in [0, 0.1) is 0 Å². The Kier molecular flexibility index (Phi) is 4.89. The number of rotatable bonds is 5. The fraction of sp³-hybridized carbons (Fsp3) is 0.429. The van der Waals surface area contributed by atoms with Crippen molar-refractivity contribution in [3.8, 4) is 5.75 Å². The molecule has 1 N–H and O–H groups in total. The van der Waals surface area contributed by atoms with Crippen LogP contribution in [0.1, 0.15) is 6.42 Å². The number of benzene rings is 1. The van der Waals surface area contributed by atoms with Crippen LogP contribution in [0.15, 0.2) is 29.2 Å². The maximum absolute atomic E-state index is 11.8. The van der Waals surface area contributed by atoms with Gasteiger partial charge < -0.3 is 15.0 Å². The SMILES string of the molecule is COc1cccc(SCC(=O)N[C@@H]2CC(=O)N(C)C2)c1. The van der Waals surface area contributed by atoms with Crippen LogP contribution in [0.3, 0.4) is 0 Å². The molecule has 1 atom stereocenters. The van der Waals surface area contributed by atoms with Crippen molar-refractivity contribution >= 4 is 23.6 Å². The summed E-state index contributed by atoms with van der Waals surface area (Å²) in [7, 11) is 3.36. The summed E-state index contributed by atoms with van der Waals surface area (Å²) >= 11 is 1.45. The second-order valence-electron chi connectivity index (χ2n) is 4.71. The first-order chi connectivity index (χ1) is 9.58. The Balaban J connectivity index is 1.79. The number of likely N-dealkylation sites (tertiary alicyclic amines) is 1. The van der Waals surface area contributed by atoms with Gasteiger partial charge in [0.25, 0.3) is 0 Å². The summed E-state index contributed by atoms with van der Waals surface area (Å²) in [6.45, 7) is 0.592. The molecule has 1 aliphatic heterocycles. The molecule has 0 spiro atoms. The van der Waals surface area contributed by atoms with Crippen molar-refractivity contribution in [1.82, 2.24) is 10.2 Å². The normalized spacial score (nSPS) is 18.2. The van der Waals surface area contributed by atoms with Gasteiger partial charge in [-0.2, -0.15) is 0 Å². The van der Waals surface area contributed by atoms with Gasteiger partial charge >= 0.3 is 0 Å². The first kappa shape index (κ1) is 14.7. The molecule has 5 nitrogen and oxygen atoms in total. The van der Waals surface area contributed by atoms with Crippen LogP contribution in [0.25, 0.3) is 0 Å². The van der Waals surface area contributed by atoms with E-state index in [0.29, 0.717) is 18.7 Å². The van der Waals surface area contributed by atoms with Gasteiger partial charge in [-0.3, -0.25) is 9.59 Å². The summed E-state index contributed by atoms with van der Waals surface area (Å²) in [6.07, 6.45) is 0.395. The summed E-state index contributed by atoms with van der Waals surface area (Å²) in [4.78, 5) is 25.8. The number of carbonyl (C=O) groups is 2. The van der Waals surface area contributed by atoms with Gasteiger partial charge in [0.05, 0.1) is 18.9 Å². The molecule has 1 fully saturated rings. The first-order valence-electron chi connectivity index (χ1n) is 6.38. The zero-order valence-corrected chi connectivity index (χ0v) is 12.4. The standard InChI is InChI=1S/C14H18N2O3S/c1-16-8-10(6-14(16)18)15-13(17)9-20-12-5-3-4-11(7-12)19-2/h3-5,7,10H,6,8-9H2,1-2H3,(H,15,17)/t10-/m1/s1. The predicted octanol–water partition coefficient (Wildman–Crippen LogP) is 1.13. The Hall–Kier alpha value is -1.69. The average molecular weight is 294 g/mol. The van der Waals surface area contributed by atoms with E-state index in [1.807, 2.05) is 24.3 Å². The molecule has 6 heteroatoms. The molecule has 2 rings (SSSR count). The summed E-state index contributed by atoms with van der Waals surface area (Å²) in [5.41, 5.74) is 0. The molecule has 0 aromatic heterocycles. The molecule has 2 amide bonds. The summed E-state index contributed by atoms with van der Waals surface area (Å²) in [5.74, 6) is 1.14. The average Bonchev–Trinajstić information content (AvgIpc) is 2.75. The van der Waals surface area contributed by atoms with Gasteiger partial charge in [-0.15, -0.1) is 11.8 Å². The molecule has 1 aromatic rings. The number of nitrogens with one attached hydrogen (secondary N) is 1. The highest BCUT2D eigenvalue weighted by molar-refractivity contribution is 8.00. The fourth-order valence-corrected chi connectivity index (χ4v) is 2.82. The molecule has 0 radical (unpaired) electrons. The largest absolute Gasteiger partial charge is 0.497 e. The van der Waals surface area contributed by atoms with Crippen molar-refractivity contribution < 1.29 is 14.3 Å².